The van der Waals surface area contributed by atoms with E-state index in [-0.39, 0.29) is 17.6 Å². The fourth-order valence-corrected chi connectivity index (χ4v) is 4.38. The van der Waals surface area contributed by atoms with Crippen molar-refractivity contribution in [3.05, 3.63) is 79.0 Å². The highest BCUT2D eigenvalue weighted by molar-refractivity contribution is 5.97. The lowest BCUT2D eigenvalue weighted by Crippen LogP contribution is -2.26. The lowest BCUT2D eigenvalue weighted by Gasteiger charge is -2.15. The molecule has 0 aliphatic carbocycles. The van der Waals surface area contributed by atoms with Gasteiger partial charge in [0.1, 0.15) is 5.75 Å². The zero-order chi connectivity index (χ0) is 21.4. The molecule has 0 radical (unpaired) electrons. The van der Waals surface area contributed by atoms with E-state index in [2.05, 4.69) is 33.9 Å². The van der Waals surface area contributed by atoms with E-state index in [1.165, 1.54) is 6.08 Å². The minimum Gasteiger partial charge on any atom is -0.507 e. The molecule has 3 heterocycles. The molecule has 6 heteroatoms. The molecule has 1 atom stereocenters. The largest absolute Gasteiger partial charge is 0.507 e. The molecule has 2 aromatic carbocycles. The van der Waals surface area contributed by atoms with Gasteiger partial charge in [0, 0.05) is 41.2 Å². The van der Waals surface area contributed by atoms with Crippen molar-refractivity contribution in [2.45, 2.75) is 12.3 Å². The number of phenolic OH excluding ortho intramolecular Hbond substituents is 1. The normalized spacial score (nSPS) is 16.0. The van der Waals surface area contributed by atoms with Gasteiger partial charge in [0.25, 0.3) is 0 Å². The first-order valence-electron chi connectivity index (χ1n) is 10.3. The summed E-state index contributed by atoms with van der Waals surface area (Å²) in [6, 6.07) is 19.3. The van der Waals surface area contributed by atoms with Gasteiger partial charge >= 0.3 is 0 Å². The van der Waals surface area contributed by atoms with Crippen molar-refractivity contribution in [2.24, 2.45) is 0 Å². The Balaban J connectivity index is 1.67. The summed E-state index contributed by atoms with van der Waals surface area (Å²) in [4.78, 5) is 17.4. The van der Waals surface area contributed by atoms with Crippen LogP contribution in [0, 0.1) is 0 Å². The van der Waals surface area contributed by atoms with Crippen LogP contribution in [0.25, 0.3) is 33.4 Å². The molecule has 0 bridgehead atoms. The van der Waals surface area contributed by atoms with Crippen molar-refractivity contribution in [1.82, 2.24) is 20.1 Å². The van der Waals surface area contributed by atoms with Gasteiger partial charge in [-0.05, 0) is 36.3 Å². The van der Waals surface area contributed by atoms with Gasteiger partial charge in [0.2, 0.25) is 5.91 Å². The summed E-state index contributed by atoms with van der Waals surface area (Å²) in [5, 5.41) is 20.0. The topological polar surface area (TPSA) is 82.1 Å². The maximum atomic E-state index is 12.1. The number of aromatic hydroxyl groups is 1. The summed E-state index contributed by atoms with van der Waals surface area (Å²) >= 11 is 0. The Labute approximate surface area is 179 Å². The molecule has 2 aromatic heterocycles. The van der Waals surface area contributed by atoms with Crippen LogP contribution in [0.5, 0.6) is 5.75 Å². The molecule has 1 amide bonds. The number of fused-ring (bicyclic) bond motifs is 1. The quantitative estimate of drug-likeness (QED) is 0.486. The van der Waals surface area contributed by atoms with Crippen LogP contribution < -0.4 is 0 Å². The zero-order valence-electron chi connectivity index (χ0n) is 17.0. The minimum absolute atomic E-state index is 0.0403. The number of rotatable bonds is 4. The molecule has 5 rings (SSSR count). The second-order valence-electron chi connectivity index (χ2n) is 7.76. The summed E-state index contributed by atoms with van der Waals surface area (Å²) in [7, 11) is 0. The Bertz CT molecular complexity index is 1280. The third-order valence-electron chi connectivity index (χ3n) is 5.91. The van der Waals surface area contributed by atoms with Gasteiger partial charge in [-0.2, -0.15) is 0 Å². The lowest BCUT2D eigenvalue weighted by atomic mass is 9.94. The lowest BCUT2D eigenvalue weighted by molar-refractivity contribution is -0.125. The van der Waals surface area contributed by atoms with Crippen LogP contribution in [0.4, 0.5) is 0 Å². The van der Waals surface area contributed by atoms with Gasteiger partial charge in [0.05, 0.1) is 5.69 Å². The molecule has 6 nitrogen and oxygen atoms in total. The van der Waals surface area contributed by atoms with Gasteiger partial charge in [-0.25, -0.2) is 0 Å². The fourth-order valence-electron chi connectivity index (χ4n) is 4.38. The van der Waals surface area contributed by atoms with E-state index >= 15 is 0 Å². The summed E-state index contributed by atoms with van der Waals surface area (Å²) in [6.45, 7) is 4.95. The van der Waals surface area contributed by atoms with Crippen LogP contribution >= 0.6 is 0 Å². The van der Waals surface area contributed by atoms with E-state index in [0.29, 0.717) is 30.0 Å². The average molecular weight is 410 g/mol. The number of nitrogens with zero attached hydrogens (tertiary/aromatic N) is 3. The molecule has 0 saturated carbocycles. The van der Waals surface area contributed by atoms with Crippen molar-refractivity contribution in [2.75, 3.05) is 13.1 Å². The maximum Gasteiger partial charge on any atom is 0.245 e. The predicted molar refractivity (Wildman–Crippen MR) is 121 cm³/mol. The summed E-state index contributed by atoms with van der Waals surface area (Å²) in [6.07, 6.45) is 2.24. The number of para-hydroxylation sites is 1. The van der Waals surface area contributed by atoms with E-state index in [4.69, 9.17) is 0 Å². The molecular weight excluding hydrogens is 388 g/mol. The number of benzene rings is 2. The number of carbonyl (C=O) groups excluding carboxylic acids is 1. The summed E-state index contributed by atoms with van der Waals surface area (Å²) in [5.41, 5.74) is 5.16. The average Bonchev–Trinajstić information content (AvgIpc) is 3.44. The molecule has 1 saturated heterocycles. The number of carbonyl (C=O) groups is 1. The van der Waals surface area contributed by atoms with Crippen LogP contribution in [0.2, 0.25) is 0 Å². The van der Waals surface area contributed by atoms with Crippen LogP contribution in [0.1, 0.15) is 18.0 Å². The highest BCUT2D eigenvalue weighted by Gasteiger charge is 2.30. The Hall–Kier alpha value is -3.93. The first kappa shape index (κ1) is 19.1. The van der Waals surface area contributed by atoms with Crippen LogP contribution in [0.15, 0.2) is 73.3 Å². The highest BCUT2D eigenvalue weighted by atomic mass is 16.3. The van der Waals surface area contributed by atoms with E-state index in [1.54, 1.807) is 12.1 Å². The molecule has 4 aromatic rings. The van der Waals surface area contributed by atoms with E-state index in [9.17, 15) is 9.90 Å². The Morgan fingerprint density at radius 1 is 1.13 bits per heavy atom. The summed E-state index contributed by atoms with van der Waals surface area (Å²) in [5.74, 6) is 0.297. The number of phenols is 1. The number of hydrogen-bond acceptors (Lipinski definition) is 4. The van der Waals surface area contributed by atoms with Crippen molar-refractivity contribution >= 4 is 16.9 Å². The number of H-pyrrole nitrogens is 1. The highest BCUT2D eigenvalue weighted by Crippen LogP contribution is 2.40. The van der Waals surface area contributed by atoms with Crippen molar-refractivity contribution in [3.63, 3.8) is 0 Å². The van der Waals surface area contributed by atoms with E-state index < -0.39 is 0 Å². The molecule has 1 aliphatic rings. The predicted octanol–water partition coefficient (Wildman–Crippen LogP) is 4.50. The second-order valence-corrected chi connectivity index (χ2v) is 7.76. The van der Waals surface area contributed by atoms with E-state index in [1.807, 2.05) is 41.3 Å². The Morgan fingerprint density at radius 3 is 2.68 bits per heavy atom. The van der Waals surface area contributed by atoms with Gasteiger partial charge in [-0.15, -0.1) is 10.2 Å². The maximum absolute atomic E-state index is 12.1. The van der Waals surface area contributed by atoms with Crippen molar-refractivity contribution < 1.29 is 9.90 Å². The molecule has 1 aliphatic heterocycles. The van der Waals surface area contributed by atoms with Crippen LogP contribution in [0.3, 0.4) is 0 Å². The van der Waals surface area contributed by atoms with Crippen molar-refractivity contribution in [3.8, 4) is 28.1 Å². The molecule has 0 unspecified atom stereocenters. The number of aromatic nitrogens is 3. The van der Waals surface area contributed by atoms with E-state index in [0.717, 1.165) is 28.6 Å². The number of amides is 1. The van der Waals surface area contributed by atoms with Crippen LogP contribution in [-0.4, -0.2) is 44.2 Å². The second kappa shape index (κ2) is 7.72. The van der Waals surface area contributed by atoms with Gasteiger partial charge in [-0.1, -0.05) is 49.0 Å². The first-order chi connectivity index (χ1) is 15.2. The molecule has 2 N–H and O–H groups in total. The fraction of sp³-hybridized carbons (Fsp3) is 0.160. The third-order valence-corrected chi connectivity index (χ3v) is 5.91. The molecule has 154 valence electrons. The number of hydrogen-bond donors (Lipinski definition) is 2. The number of nitrogens with one attached hydrogen (secondary N) is 1. The van der Waals surface area contributed by atoms with Gasteiger partial charge in [-0.3, -0.25) is 4.79 Å². The monoisotopic (exact) mass is 410 g/mol. The SMILES string of the molecule is C=CC(=O)N1CC[C@@H](c2[nH]c3nnc(-c4ccccc4O)cc3c2-c2ccccc2)C1. The Kier molecular flexibility index (Phi) is 4.75. The number of likely N-dealkylation sites (tertiary alicyclic amines) is 1. The first-order valence-corrected chi connectivity index (χ1v) is 10.3. The molecule has 31 heavy (non-hydrogen) atoms. The summed E-state index contributed by atoms with van der Waals surface area (Å²) < 4.78 is 0. The van der Waals surface area contributed by atoms with Crippen molar-refractivity contribution in [1.29, 1.82) is 0 Å². The third kappa shape index (κ3) is 3.36. The molecular formula is C25H22N4O2. The number of aromatic amines is 1. The standard InChI is InChI=1S/C25H22N4O2/c1-2-22(31)29-13-12-17(15-29)24-23(16-8-4-3-5-9-16)19-14-20(27-28-25(19)26-24)18-10-6-7-11-21(18)30/h2-11,14,17,30H,1,12-13,15H2,(H,26,28)/t17-/m1/s1. The molecule has 1 fully saturated rings. The van der Waals surface area contributed by atoms with Gasteiger partial charge < -0.3 is 15.0 Å². The zero-order valence-corrected chi connectivity index (χ0v) is 17.0. The molecule has 0 spiro atoms. The smallest absolute Gasteiger partial charge is 0.245 e. The Morgan fingerprint density at radius 2 is 1.90 bits per heavy atom. The van der Waals surface area contributed by atoms with Gasteiger partial charge in [0.15, 0.2) is 5.65 Å². The minimum atomic E-state index is -0.0403. The van der Waals surface area contributed by atoms with Crippen LogP contribution in [-0.2, 0) is 4.79 Å².